The van der Waals surface area contributed by atoms with E-state index in [0.29, 0.717) is 0 Å². The third kappa shape index (κ3) is 5.20. The second-order valence-electron chi connectivity index (χ2n) is 14.6. The SMILES string of the molecule is O=P(c1ccccc1)(c1ccccc1)c1ccc(-c2cc3nc(-c4ccccc4)c4ccc5c(c6ccccc6n5-c5ccccc5)c4c3c3ccccc23)cc1. The Labute approximate surface area is 330 Å². The molecule has 57 heavy (non-hydrogen) atoms. The molecular formula is C53H35N2OP. The Bertz CT molecular complexity index is 3300. The highest BCUT2D eigenvalue weighted by atomic mass is 31.2. The minimum absolute atomic E-state index is 0.807. The van der Waals surface area contributed by atoms with Crippen molar-refractivity contribution in [3.8, 4) is 28.1 Å². The summed E-state index contributed by atoms with van der Waals surface area (Å²) in [4.78, 5) is 5.55. The number of benzene rings is 9. The van der Waals surface area contributed by atoms with Gasteiger partial charge in [0.25, 0.3) is 0 Å². The van der Waals surface area contributed by atoms with Crippen LogP contribution in [0.3, 0.4) is 0 Å². The number of hydrogen-bond acceptors (Lipinski definition) is 2. The minimum atomic E-state index is -3.12. The Kier molecular flexibility index (Phi) is 7.77. The molecule has 0 unspecified atom stereocenters. The topological polar surface area (TPSA) is 34.9 Å². The summed E-state index contributed by atoms with van der Waals surface area (Å²) in [6.07, 6.45) is 0. The normalized spacial score (nSPS) is 11.9. The highest BCUT2D eigenvalue weighted by Crippen LogP contribution is 2.47. The quantitative estimate of drug-likeness (QED) is 0.125. The van der Waals surface area contributed by atoms with E-state index < -0.39 is 7.14 Å². The van der Waals surface area contributed by atoms with Gasteiger partial charge in [-0.3, -0.25) is 0 Å². The molecule has 0 amide bonds. The first-order chi connectivity index (χ1) is 28.2. The second kappa shape index (κ2) is 13.3. The molecule has 0 N–H and O–H groups in total. The third-order valence-corrected chi connectivity index (χ3v) is 14.5. The van der Waals surface area contributed by atoms with Crippen LogP contribution in [-0.4, -0.2) is 9.55 Å². The Morgan fingerprint density at radius 1 is 0.386 bits per heavy atom. The number of para-hydroxylation sites is 2. The van der Waals surface area contributed by atoms with Crippen molar-refractivity contribution in [1.82, 2.24) is 9.55 Å². The maximum Gasteiger partial charge on any atom is 0.171 e. The van der Waals surface area contributed by atoms with Gasteiger partial charge in [0.2, 0.25) is 0 Å². The van der Waals surface area contributed by atoms with Crippen molar-refractivity contribution >= 4 is 77.3 Å². The van der Waals surface area contributed by atoms with Gasteiger partial charge in [0.15, 0.2) is 7.14 Å². The summed E-state index contributed by atoms with van der Waals surface area (Å²) in [5.41, 5.74) is 8.56. The van der Waals surface area contributed by atoms with Crippen molar-refractivity contribution in [2.24, 2.45) is 0 Å². The van der Waals surface area contributed by atoms with Gasteiger partial charge < -0.3 is 9.13 Å². The fourth-order valence-electron chi connectivity index (χ4n) is 8.89. The molecule has 0 bridgehead atoms. The van der Waals surface area contributed by atoms with Crippen LogP contribution in [0.4, 0.5) is 0 Å². The first-order valence-corrected chi connectivity index (χ1v) is 21.0. The molecule has 0 fully saturated rings. The number of rotatable bonds is 6. The molecule has 0 saturated carbocycles. The third-order valence-electron chi connectivity index (χ3n) is 11.4. The Morgan fingerprint density at radius 3 is 1.60 bits per heavy atom. The second-order valence-corrected chi connectivity index (χ2v) is 17.4. The van der Waals surface area contributed by atoms with E-state index in [0.717, 1.165) is 76.6 Å². The maximum atomic E-state index is 15.2. The lowest BCUT2D eigenvalue weighted by atomic mass is 9.90. The Morgan fingerprint density at radius 2 is 0.930 bits per heavy atom. The van der Waals surface area contributed by atoms with Crippen LogP contribution in [0, 0.1) is 0 Å². The zero-order chi connectivity index (χ0) is 37.9. The molecule has 0 aliphatic carbocycles. The molecule has 9 aromatic carbocycles. The molecule has 2 aromatic heterocycles. The van der Waals surface area contributed by atoms with E-state index in [1.165, 1.54) is 21.7 Å². The lowest BCUT2D eigenvalue weighted by molar-refractivity contribution is 0.592. The molecular weight excluding hydrogens is 712 g/mol. The zero-order valence-electron chi connectivity index (χ0n) is 31.0. The molecule has 2 heterocycles. The summed E-state index contributed by atoms with van der Waals surface area (Å²) in [6.45, 7) is 0. The van der Waals surface area contributed by atoms with Crippen molar-refractivity contribution in [2.45, 2.75) is 0 Å². The summed E-state index contributed by atoms with van der Waals surface area (Å²) in [6, 6.07) is 73.6. The average molecular weight is 747 g/mol. The van der Waals surface area contributed by atoms with Crippen molar-refractivity contribution in [2.75, 3.05) is 0 Å². The molecule has 268 valence electrons. The highest BCUT2D eigenvalue weighted by molar-refractivity contribution is 7.85. The van der Waals surface area contributed by atoms with Gasteiger partial charge in [-0.15, -0.1) is 0 Å². The lowest BCUT2D eigenvalue weighted by Crippen LogP contribution is -2.24. The van der Waals surface area contributed by atoms with Gasteiger partial charge >= 0.3 is 0 Å². The molecule has 11 rings (SSSR count). The highest BCUT2D eigenvalue weighted by Gasteiger charge is 2.30. The molecule has 0 aliphatic rings. The zero-order valence-corrected chi connectivity index (χ0v) is 31.9. The average Bonchev–Trinajstić information content (AvgIpc) is 3.64. The van der Waals surface area contributed by atoms with Gasteiger partial charge in [0.05, 0.1) is 22.2 Å². The summed E-state index contributed by atoms with van der Waals surface area (Å²) in [5.74, 6) is 0. The smallest absolute Gasteiger partial charge is 0.171 e. The van der Waals surface area contributed by atoms with E-state index in [4.69, 9.17) is 4.98 Å². The van der Waals surface area contributed by atoms with Crippen LogP contribution in [-0.2, 0) is 4.57 Å². The van der Waals surface area contributed by atoms with E-state index in [-0.39, 0.29) is 0 Å². The van der Waals surface area contributed by atoms with Crippen LogP contribution >= 0.6 is 7.14 Å². The Hall–Kier alpha value is -7.06. The summed E-state index contributed by atoms with van der Waals surface area (Å²) >= 11 is 0. The maximum absolute atomic E-state index is 15.2. The van der Waals surface area contributed by atoms with Gasteiger partial charge in [-0.2, -0.15) is 0 Å². The number of aromatic nitrogens is 2. The monoisotopic (exact) mass is 746 g/mol. The summed E-state index contributed by atoms with van der Waals surface area (Å²) < 4.78 is 17.6. The van der Waals surface area contributed by atoms with E-state index in [2.05, 4.69) is 156 Å². The van der Waals surface area contributed by atoms with Gasteiger partial charge in [-0.1, -0.05) is 182 Å². The van der Waals surface area contributed by atoms with E-state index in [9.17, 15) is 0 Å². The first kappa shape index (κ1) is 33.3. The molecule has 3 nitrogen and oxygen atoms in total. The standard InChI is InChI=1S/C53H35N2OP/c56-57(39-21-9-3-10-22-39,40-23-11-4-12-24-40)41-31-29-36(30-32-41)46-35-47-50(43-26-14-13-25-42(43)46)52-45(53(54-47)37-17-5-1-6-18-37)33-34-49-51(52)44-27-15-16-28-48(44)55(49)38-19-7-2-8-20-38/h1-35H. The molecule has 4 heteroatoms. The van der Waals surface area contributed by atoms with Crippen LogP contribution in [0.2, 0.25) is 0 Å². The van der Waals surface area contributed by atoms with E-state index >= 15 is 4.57 Å². The number of fused-ring (bicyclic) bond motifs is 9. The Balaban J connectivity index is 1.21. The molecule has 0 spiro atoms. The number of pyridine rings is 1. The van der Waals surface area contributed by atoms with Crippen LogP contribution < -0.4 is 15.9 Å². The van der Waals surface area contributed by atoms with Gasteiger partial charge in [-0.05, 0) is 52.2 Å². The fraction of sp³-hybridized carbons (Fsp3) is 0. The van der Waals surface area contributed by atoms with Crippen LogP contribution in [0.25, 0.3) is 82.3 Å². The minimum Gasteiger partial charge on any atom is -0.309 e. The first-order valence-electron chi connectivity index (χ1n) is 19.3. The molecule has 0 saturated heterocycles. The van der Waals surface area contributed by atoms with E-state index in [1.807, 2.05) is 60.7 Å². The predicted octanol–water partition coefficient (Wildman–Crippen LogP) is 12.6. The van der Waals surface area contributed by atoms with Crippen molar-refractivity contribution in [3.05, 3.63) is 212 Å². The lowest BCUT2D eigenvalue weighted by Gasteiger charge is -2.20. The van der Waals surface area contributed by atoms with Crippen LogP contribution in [0.15, 0.2) is 212 Å². The van der Waals surface area contributed by atoms with Crippen molar-refractivity contribution in [3.63, 3.8) is 0 Å². The van der Waals surface area contributed by atoms with Gasteiger partial charge in [-0.25, -0.2) is 4.98 Å². The predicted molar refractivity (Wildman–Crippen MR) is 241 cm³/mol. The molecule has 0 atom stereocenters. The van der Waals surface area contributed by atoms with Crippen molar-refractivity contribution < 1.29 is 4.57 Å². The molecule has 0 radical (unpaired) electrons. The van der Waals surface area contributed by atoms with Gasteiger partial charge in [0.1, 0.15) is 0 Å². The van der Waals surface area contributed by atoms with Gasteiger partial charge in [0, 0.05) is 54.1 Å². The largest absolute Gasteiger partial charge is 0.309 e. The number of nitrogens with zero attached hydrogens (tertiary/aromatic N) is 2. The van der Waals surface area contributed by atoms with Crippen LogP contribution in [0.1, 0.15) is 0 Å². The molecule has 11 aromatic rings. The molecule has 0 aliphatic heterocycles. The van der Waals surface area contributed by atoms with E-state index in [1.54, 1.807) is 0 Å². The van der Waals surface area contributed by atoms with Crippen LogP contribution in [0.5, 0.6) is 0 Å². The number of hydrogen-bond donors (Lipinski definition) is 0. The summed E-state index contributed by atoms with van der Waals surface area (Å²) in [5, 5.41) is 10.6. The summed E-state index contributed by atoms with van der Waals surface area (Å²) in [7, 11) is -3.12. The van der Waals surface area contributed by atoms with Crippen molar-refractivity contribution in [1.29, 1.82) is 0 Å². The fourth-order valence-corrected chi connectivity index (χ4v) is 11.5.